The Morgan fingerprint density at radius 2 is 2.05 bits per heavy atom. The number of hydrogen-bond acceptors (Lipinski definition) is 2. The number of nitrogens with two attached hydrogens (primary N) is 1. The summed E-state index contributed by atoms with van der Waals surface area (Å²) in [5.41, 5.74) is 8.21. The molecule has 1 aliphatic rings. The zero-order valence-electron chi connectivity index (χ0n) is 12.0. The Bertz CT molecular complexity index is 597. The molecule has 1 saturated carbocycles. The van der Waals surface area contributed by atoms with E-state index in [0.29, 0.717) is 5.95 Å². The van der Waals surface area contributed by atoms with Gasteiger partial charge >= 0.3 is 0 Å². The lowest BCUT2D eigenvalue weighted by atomic mass is 9.81. The minimum absolute atomic E-state index is 0.641. The number of benzene rings is 1. The molecule has 3 nitrogen and oxygen atoms in total. The molecular formula is C16H22BrN3. The third kappa shape index (κ3) is 2.85. The zero-order valence-corrected chi connectivity index (χ0v) is 13.6. The third-order valence-corrected chi connectivity index (χ3v) is 5.13. The van der Waals surface area contributed by atoms with Gasteiger partial charge in [-0.3, -0.25) is 0 Å². The molecule has 0 atom stereocenters. The van der Waals surface area contributed by atoms with Crippen LogP contribution in [0.15, 0.2) is 22.7 Å². The fourth-order valence-electron chi connectivity index (χ4n) is 3.28. The van der Waals surface area contributed by atoms with E-state index in [2.05, 4.69) is 38.5 Å². The summed E-state index contributed by atoms with van der Waals surface area (Å²) in [7, 11) is 0. The maximum Gasteiger partial charge on any atom is 0.201 e. The number of rotatable bonds is 3. The Morgan fingerprint density at radius 3 is 2.80 bits per heavy atom. The first-order valence-corrected chi connectivity index (χ1v) is 8.34. The van der Waals surface area contributed by atoms with Crippen LogP contribution in [0, 0.1) is 11.8 Å². The van der Waals surface area contributed by atoms with Gasteiger partial charge in [-0.1, -0.05) is 48.5 Å². The molecule has 2 N–H and O–H groups in total. The van der Waals surface area contributed by atoms with Crippen LogP contribution < -0.4 is 5.73 Å². The number of fused-ring (bicyclic) bond motifs is 1. The molecule has 0 bridgehead atoms. The first-order valence-electron chi connectivity index (χ1n) is 7.54. The number of halogens is 1. The minimum atomic E-state index is 0.641. The highest BCUT2D eigenvalue weighted by Crippen LogP contribution is 2.31. The van der Waals surface area contributed by atoms with Crippen molar-refractivity contribution in [3.63, 3.8) is 0 Å². The second-order valence-electron chi connectivity index (χ2n) is 6.17. The van der Waals surface area contributed by atoms with E-state index < -0.39 is 0 Å². The summed E-state index contributed by atoms with van der Waals surface area (Å²) < 4.78 is 3.25. The van der Waals surface area contributed by atoms with Gasteiger partial charge in [0.1, 0.15) is 0 Å². The molecule has 2 aromatic rings. The first kappa shape index (κ1) is 13.9. The van der Waals surface area contributed by atoms with E-state index in [1.54, 1.807) is 0 Å². The number of aromatic nitrogens is 2. The number of nitrogen functional groups attached to an aromatic ring is 1. The minimum Gasteiger partial charge on any atom is -0.369 e. The highest BCUT2D eigenvalue weighted by atomic mass is 79.9. The van der Waals surface area contributed by atoms with Gasteiger partial charge in [-0.2, -0.15) is 0 Å². The molecule has 1 fully saturated rings. The fraction of sp³-hybridized carbons (Fsp3) is 0.562. The standard InChI is InChI=1S/C16H22BrN3/c1-11-2-4-12(5-3-11)8-9-20-15-10-13(17)6-7-14(15)19-16(20)18/h6-7,10-12H,2-5,8-9H2,1H3,(H2,18,19). The number of hydrogen-bond donors (Lipinski definition) is 1. The largest absolute Gasteiger partial charge is 0.369 e. The lowest BCUT2D eigenvalue weighted by Gasteiger charge is -2.26. The normalized spacial score (nSPS) is 23.3. The summed E-state index contributed by atoms with van der Waals surface area (Å²) in [5.74, 6) is 2.42. The van der Waals surface area contributed by atoms with Gasteiger partial charge < -0.3 is 10.3 Å². The summed E-state index contributed by atoms with van der Waals surface area (Å²) >= 11 is 3.53. The molecule has 0 saturated heterocycles. The maximum atomic E-state index is 6.08. The fourth-order valence-corrected chi connectivity index (χ4v) is 3.63. The van der Waals surface area contributed by atoms with Crippen LogP contribution in [0.4, 0.5) is 5.95 Å². The van der Waals surface area contributed by atoms with Crippen molar-refractivity contribution >= 4 is 32.9 Å². The number of aryl methyl sites for hydroxylation is 1. The lowest BCUT2D eigenvalue weighted by Crippen LogP contribution is -2.15. The Hall–Kier alpha value is -1.03. The van der Waals surface area contributed by atoms with Gasteiger partial charge in [-0.25, -0.2) is 4.98 Å². The molecule has 1 aromatic heterocycles. The molecule has 1 aliphatic carbocycles. The first-order chi connectivity index (χ1) is 9.63. The van der Waals surface area contributed by atoms with E-state index >= 15 is 0 Å². The van der Waals surface area contributed by atoms with Crippen LogP contribution in [-0.2, 0) is 6.54 Å². The van der Waals surface area contributed by atoms with Crippen molar-refractivity contribution in [1.29, 1.82) is 0 Å². The van der Waals surface area contributed by atoms with Crippen LogP contribution >= 0.6 is 15.9 Å². The number of anilines is 1. The summed E-state index contributed by atoms with van der Waals surface area (Å²) in [6.07, 6.45) is 6.73. The zero-order chi connectivity index (χ0) is 14.1. The van der Waals surface area contributed by atoms with Gasteiger partial charge in [-0.05, 0) is 36.5 Å². The monoisotopic (exact) mass is 335 g/mol. The molecule has 4 heteroatoms. The van der Waals surface area contributed by atoms with Crippen molar-refractivity contribution in [2.75, 3.05) is 5.73 Å². The summed E-state index contributed by atoms with van der Waals surface area (Å²) in [6, 6.07) is 6.15. The van der Waals surface area contributed by atoms with Crippen LogP contribution in [0.25, 0.3) is 11.0 Å². The van der Waals surface area contributed by atoms with Crippen molar-refractivity contribution in [3.05, 3.63) is 22.7 Å². The molecule has 1 aromatic carbocycles. The summed E-state index contributed by atoms with van der Waals surface area (Å²) in [5, 5.41) is 0. The van der Waals surface area contributed by atoms with E-state index in [1.165, 1.54) is 32.1 Å². The number of imidazole rings is 1. The van der Waals surface area contributed by atoms with E-state index in [-0.39, 0.29) is 0 Å². The maximum absolute atomic E-state index is 6.08. The highest BCUT2D eigenvalue weighted by Gasteiger charge is 2.18. The quantitative estimate of drug-likeness (QED) is 0.890. The van der Waals surface area contributed by atoms with Gasteiger partial charge in [0.05, 0.1) is 11.0 Å². The summed E-state index contributed by atoms with van der Waals surface area (Å²) in [6.45, 7) is 3.35. The molecule has 3 rings (SSSR count). The topological polar surface area (TPSA) is 43.8 Å². The van der Waals surface area contributed by atoms with E-state index in [9.17, 15) is 0 Å². The Labute approximate surface area is 128 Å². The molecule has 0 radical (unpaired) electrons. The molecule has 0 amide bonds. The van der Waals surface area contributed by atoms with Crippen molar-refractivity contribution in [2.45, 2.75) is 45.6 Å². The molecule has 0 aliphatic heterocycles. The Kier molecular flexibility index (Phi) is 4.01. The molecule has 0 unspecified atom stereocenters. The number of nitrogens with zero attached hydrogens (tertiary/aromatic N) is 2. The third-order valence-electron chi connectivity index (χ3n) is 4.64. The van der Waals surface area contributed by atoms with Crippen LogP contribution in [0.1, 0.15) is 39.0 Å². The predicted octanol–water partition coefficient (Wildman–Crippen LogP) is 4.60. The van der Waals surface area contributed by atoms with E-state index in [0.717, 1.165) is 33.9 Å². The molecule has 108 valence electrons. The van der Waals surface area contributed by atoms with Crippen LogP contribution in [0.2, 0.25) is 0 Å². The van der Waals surface area contributed by atoms with Crippen LogP contribution in [0.3, 0.4) is 0 Å². The van der Waals surface area contributed by atoms with Crippen molar-refractivity contribution in [1.82, 2.24) is 9.55 Å². The Balaban J connectivity index is 1.74. The molecule has 20 heavy (non-hydrogen) atoms. The van der Waals surface area contributed by atoms with Crippen molar-refractivity contribution in [3.8, 4) is 0 Å². The van der Waals surface area contributed by atoms with Crippen LogP contribution in [-0.4, -0.2) is 9.55 Å². The van der Waals surface area contributed by atoms with Gasteiger partial charge in [0.2, 0.25) is 5.95 Å². The second kappa shape index (κ2) is 5.76. The van der Waals surface area contributed by atoms with Gasteiger partial charge in [0.15, 0.2) is 0 Å². The molecule has 0 spiro atoms. The SMILES string of the molecule is CC1CCC(CCn2c(N)nc3ccc(Br)cc32)CC1. The van der Waals surface area contributed by atoms with Gasteiger partial charge in [0.25, 0.3) is 0 Å². The summed E-state index contributed by atoms with van der Waals surface area (Å²) in [4.78, 5) is 4.45. The van der Waals surface area contributed by atoms with Crippen molar-refractivity contribution < 1.29 is 0 Å². The Morgan fingerprint density at radius 1 is 1.30 bits per heavy atom. The average molecular weight is 336 g/mol. The average Bonchev–Trinajstić information content (AvgIpc) is 2.73. The van der Waals surface area contributed by atoms with E-state index in [1.807, 2.05) is 12.1 Å². The van der Waals surface area contributed by atoms with E-state index in [4.69, 9.17) is 5.73 Å². The smallest absolute Gasteiger partial charge is 0.201 e. The second-order valence-corrected chi connectivity index (χ2v) is 7.08. The molecule has 1 heterocycles. The van der Waals surface area contributed by atoms with Gasteiger partial charge in [-0.15, -0.1) is 0 Å². The predicted molar refractivity (Wildman–Crippen MR) is 87.6 cm³/mol. The highest BCUT2D eigenvalue weighted by molar-refractivity contribution is 9.10. The molecular weight excluding hydrogens is 314 g/mol. The van der Waals surface area contributed by atoms with Crippen molar-refractivity contribution in [2.24, 2.45) is 11.8 Å². The van der Waals surface area contributed by atoms with Gasteiger partial charge in [0, 0.05) is 11.0 Å². The lowest BCUT2D eigenvalue weighted by molar-refractivity contribution is 0.270. The van der Waals surface area contributed by atoms with Crippen LogP contribution in [0.5, 0.6) is 0 Å².